The summed E-state index contributed by atoms with van der Waals surface area (Å²) in [4.78, 5) is 15.9. The van der Waals surface area contributed by atoms with Crippen LogP contribution in [0.1, 0.15) is 38.3 Å². The fourth-order valence-electron chi connectivity index (χ4n) is 4.19. The van der Waals surface area contributed by atoms with Gasteiger partial charge in [0.15, 0.2) is 0 Å². The van der Waals surface area contributed by atoms with Gasteiger partial charge in [-0.25, -0.2) is 9.18 Å². The second kappa shape index (κ2) is 10.7. The Hall–Kier alpha value is -3.75. The molecule has 190 valence electrons. The van der Waals surface area contributed by atoms with Gasteiger partial charge >= 0.3 is 12.1 Å². The van der Waals surface area contributed by atoms with Crippen LogP contribution in [0.5, 0.6) is 0 Å². The number of hydrogen-bond donors (Lipinski definition) is 2. The highest BCUT2D eigenvalue weighted by Gasteiger charge is 2.39. The summed E-state index contributed by atoms with van der Waals surface area (Å²) in [5.74, 6) is -2.16. The predicted molar refractivity (Wildman–Crippen MR) is 132 cm³/mol. The molecule has 0 bridgehead atoms. The first kappa shape index (κ1) is 26.3. The zero-order chi connectivity index (χ0) is 26.6. The average Bonchev–Trinajstić information content (AvgIpc) is 2.87. The van der Waals surface area contributed by atoms with Gasteiger partial charge in [-0.3, -0.25) is 10.3 Å². The van der Waals surface area contributed by atoms with Crippen LogP contribution in [0, 0.1) is 5.82 Å². The van der Waals surface area contributed by atoms with E-state index in [9.17, 15) is 27.5 Å². The summed E-state index contributed by atoms with van der Waals surface area (Å²) < 4.78 is 55.8. The number of nitrogens with zero attached hydrogens (tertiary/aromatic N) is 1. The third-order valence-corrected chi connectivity index (χ3v) is 6.19. The first-order valence-corrected chi connectivity index (χ1v) is 11.6. The zero-order valence-corrected chi connectivity index (χ0v) is 20.0. The van der Waals surface area contributed by atoms with Gasteiger partial charge in [0.1, 0.15) is 5.82 Å². The molecular formula is C28H21ClF4N2O2. The van der Waals surface area contributed by atoms with Crippen molar-refractivity contribution in [1.29, 1.82) is 0 Å². The number of carboxylic acids is 1. The largest absolute Gasteiger partial charge is 0.478 e. The molecule has 3 aromatic carbocycles. The van der Waals surface area contributed by atoms with E-state index in [2.05, 4.69) is 10.3 Å². The third-order valence-electron chi connectivity index (χ3n) is 5.96. The molecule has 1 unspecified atom stereocenters. The van der Waals surface area contributed by atoms with Crippen molar-refractivity contribution >= 4 is 17.6 Å². The number of alkyl halides is 3. The molecule has 0 spiro atoms. The summed E-state index contributed by atoms with van der Waals surface area (Å²) in [6.45, 7) is 0.0517. The van der Waals surface area contributed by atoms with Crippen molar-refractivity contribution in [2.45, 2.75) is 24.7 Å². The highest BCUT2D eigenvalue weighted by atomic mass is 35.5. The zero-order valence-electron chi connectivity index (χ0n) is 19.3. The van der Waals surface area contributed by atoms with Crippen LogP contribution in [0.4, 0.5) is 17.6 Å². The summed E-state index contributed by atoms with van der Waals surface area (Å²) in [5, 5.41) is 13.0. The van der Waals surface area contributed by atoms with Crippen LogP contribution >= 0.6 is 11.6 Å². The fraction of sp³-hybridized carbons (Fsp3) is 0.143. The maximum absolute atomic E-state index is 14.7. The van der Waals surface area contributed by atoms with Crippen molar-refractivity contribution < 1.29 is 27.5 Å². The number of benzene rings is 3. The molecule has 0 aliphatic carbocycles. The molecule has 37 heavy (non-hydrogen) atoms. The number of pyridine rings is 1. The molecule has 0 radical (unpaired) electrons. The van der Waals surface area contributed by atoms with Gasteiger partial charge in [0, 0.05) is 19.2 Å². The minimum atomic E-state index is -4.78. The smallest absolute Gasteiger partial charge is 0.416 e. The number of rotatable bonds is 8. The Labute approximate surface area is 215 Å². The van der Waals surface area contributed by atoms with Gasteiger partial charge < -0.3 is 5.11 Å². The van der Waals surface area contributed by atoms with E-state index in [1.165, 1.54) is 18.3 Å². The summed E-state index contributed by atoms with van der Waals surface area (Å²) in [7, 11) is 0. The van der Waals surface area contributed by atoms with E-state index in [-0.39, 0.29) is 24.1 Å². The molecule has 0 fully saturated rings. The second-order valence-corrected chi connectivity index (χ2v) is 8.95. The number of hydrogen-bond acceptors (Lipinski definition) is 3. The topological polar surface area (TPSA) is 62.2 Å². The van der Waals surface area contributed by atoms with Crippen LogP contribution in [0.25, 0.3) is 0 Å². The second-order valence-electron chi connectivity index (χ2n) is 8.51. The van der Waals surface area contributed by atoms with Gasteiger partial charge in [-0.1, -0.05) is 54.1 Å². The van der Waals surface area contributed by atoms with Gasteiger partial charge in [-0.2, -0.15) is 13.2 Å². The normalized spacial score (nSPS) is 13.2. The Balaban J connectivity index is 1.92. The first-order chi connectivity index (χ1) is 17.6. The molecular weight excluding hydrogens is 508 g/mol. The molecule has 2 N–H and O–H groups in total. The van der Waals surface area contributed by atoms with Crippen molar-refractivity contribution in [3.8, 4) is 0 Å². The number of carboxylic acid groups (broad SMARTS) is 1. The van der Waals surface area contributed by atoms with Gasteiger partial charge in [-0.15, -0.1) is 0 Å². The molecule has 1 atom stereocenters. The number of carbonyl (C=O) groups is 1. The van der Waals surface area contributed by atoms with Crippen molar-refractivity contribution in [2.75, 3.05) is 0 Å². The van der Waals surface area contributed by atoms with Crippen molar-refractivity contribution in [3.63, 3.8) is 0 Å². The lowest BCUT2D eigenvalue weighted by molar-refractivity contribution is -0.137. The van der Waals surface area contributed by atoms with E-state index < -0.39 is 29.1 Å². The maximum atomic E-state index is 14.7. The standard InChI is InChI=1S/C28H21ClF4N2O2/c29-23-9-10-25(34-17-23)27(15-18-5-2-1-3-6-18,21-12-22(28(31,32)33)14-24(30)13-21)35-16-19-7-4-8-20(11-19)26(36)37/h1-14,17,35H,15-16H2,(H,36,37). The Kier molecular flexibility index (Phi) is 7.61. The molecule has 0 amide bonds. The lowest BCUT2D eigenvalue weighted by Crippen LogP contribution is -2.46. The maximum Gasteiger partial charge on any atom is 0.416 e. The molecule has 1 heterocycles. The molecule has 0 aliphatic rings. The molecule has 4 aromatic rings. The fourth-order valence-corrected chi connectivity index (χ4v) is 4.30. The molecule has 0 saturated carbocycles. The molecule has 4 nitrogen and oxygen atoms in total. The summed E-state index contributed by atoms with van der Waals surface area (Å²) in [6.07, 6.45) is -3.30. The van der Waals surface area contributed by atoms with E-state index >= 15 is 0 Å². The van der Waals surface area contributed by atoms with Gasteiger partial charge in [0.2, 0.25) is 0 Å². The summed E-state index contributed by atoms with van der Waals surface area (Å²) in [6, 6.07) is 20.7. The summed E-state index contributed by atoms with van der Waals surface area (Å²) in [5.41, 5.74) is -0.872. The highest BCUT2D eigenvalue weighted by Crippen LogP contribution is 2.38. The van der Waals surface area contributed by atoms with Crippen molar-refractivity contribution in [3.05, 3.63) is 135 Å². The number of nitrogens with one attached hydrogen (secondary N) is 1. The molecule has 0 aliphatic heterocycles. The van der Waals surface area contributed by atoms with Crippen LogP contribution < -0.4 is 5.32 Å². The third kappa shape index (κ3) is 6.15. The Morgan fingerprint density at radius 1 is 0.892 bits per heavy atom. The monoisotopic (exact) mass is 528 g/mol. The van der Waals surface area contributed by atoms with E-state index in [1.54, 1.807) is 54.6 Å². The highest BCUT2D eigenvalue weighted by molar-refractivity contribution is 6.30. The Morgan fingerprint density at radius 2 is 1.59 bits per heavy atom. The lowest BCUT2D eigenvalue weighted by Gasteiger charge is -2.36. The molecule has 0 saturated heterocycles. The Morgan fingerprint density at radius 3 is 2.24 bits per heavy atom. The first-order valence-electron chi connectivity index (χ1n) is 11.2. The quantitative estimate of drug-likeness (QED) is 0.245. The van der Waals surface area contributed by atoms with Crippen LogP contribution in [-0.4, -0.2) is 16.1 Å². The van der Waals surface area contributed by atoms with E-state index in [0.29, 0.717) is 22.3 Å². The van der Waals surface area contributed by atoms with Gasteiger partial charge in [-0.05, 0) is 59.2 Å². The van der Waals surface area contributed by atoms with Crippen LogP contribution in [0.3, 0.4) is 0 Å². The van der Waals surface area contributed by atoms with Crippen molar-refractivity contribution in [2.24, 2.45) is 0 Å². The Bertz CT molecular complexity index is 1400. The van der Waals surface area contributed by atoms with Crippen LogP contribution in [0.15, 0.2) is 91.1 Å². The summed E-state index contributed by atoms with van der Waals surface area (Å²) >= 11 is 6.05. The predicted octanol–water partition coefficient (Wildman–Crippen LogP) is 6.87. The number of aromatic nitrogens is 1. The van der Waals surface area contributed by atoms with Crippen molar-refractivity contribution in [1.82, 2.24) is 10.3 Å². The number of aromatic carboxylic acids is 1. The molecule has 9 heteroatoms. The van der Waals surface area contributed by atoms with E-state index in [4.69, 9.17) is 11.6 Å². The minimum absolute atomic E-state index is 0.00731. The van der Waals surface area contributed by atoms with E-state index in [0.717, 1.165) is 17.7 Å². The van der Waals surface area contributed by atoms with Gasteiger partial charge in [0.05, 0.1) is 27.4 Å². The van der Waals surface area contributed by atoms with E-state index in [1.807, 2.05) is 0 Å². The average molecular weight is 529 g/mol. The lowest BCUT2D eigenvalue weighted by atomic mass is 9.79. The molecule has 4 rings (SSSR count). The van der Waals surface area contributed by atoms with Crippen LogP contribution in [-0.2, 0) is 24.7 Å². The minimum Gasteiger partial charge on any atom is -0.478 e. The van der Waals surface area contributed by atoms with Gasteiger partial charge in [0.25, 0.3) is 0 Å². The number of halogens is 5. The SMILES string of the molecule is O=C(O)c1cccc(CNC(Cc2ccccc2)(c2cc(F)cc(C(F)(F)F)c2)c2ccc(Cl)cn2)c1. The molecule has 1 aromatic heterocycles. The van der Waals surface area contributed by atoms with Crippen LogP contribution in [0.2, 0.25) is 5.02 Å².